The van der Waals surface area contributed by atoms with Crippen LogP contribution >= 0.6 is 0 Å². The molecule has 2 N–H and O–H groups in total. The predicted octanol–water partition coefficient (Wildman–Crippen LogP) is 5.57. The standard InChI is InChI=1S/C21H32O4/c1-4-10-16-13-14-18(20(22)23)19(21(24)25)17(16)12-9-7-5-6-8-11-15(2)3/h13-15H,4-12H2,1-3H3,(H,22,23)(H,24,25). The third-order valence-electron chi connectivity index (χ3n) is 4.58. The van der Waals surface area contributed by atoms with Gasteiger partial charge in [-0.05, 0) is 42.4 Å². The second kappa shape index (κ2) is 10.9. The first-order chi connectivity index (χ1) is 11.9. The number of aromatic carboxylic acids is 2. The van der Waals surface area contributed by atoms with Crippen molar-refractivity contribution in [3.63, 3.8) is 0 Å². The van der Waals surface area contributed by atoms with Gasteiger partial charge < -0.3 is 10.2 Å². The number of unbranched alkanes of at least 4 members (excludes halogenated alkanes) is 4. The molecule has 0 saturated carbocycles. The normalized spacial score (nSPS) is 11.0. The summed E-state index contributed by atoms with van der Waals surface area (Å²) in [7, 11) is 0. The fraction of sp³-hybridized carbons (Fsp3) is 0.619. The third-order valence-corrected chi connectivity index (χ3v) is 4.58. The van der Waals surface area contributed by atoms with Gasteiger partial charge in [0.2, 0.25) is 0 Å². The van der Waals surface area contributed by atoms with E-state index < -0.39 is 11.9 Å². The average Bonchev–Trinajstić information content (AvgIpc) is 2.54. The van der Waals surface area contributed by atoms with Gasteiger partial charge in [-0.15, -0.1) is 0 Å². The number of rotatable bonds is 12. The first kappa shape index (κ1) is 21.2. The summed E-state index contributed by atoms with van der Waals surface area (Å²) in [6.45, 7) is 6.51. The van der Waals surface area contributed by atoms with E-state index in [0.29, 0.717) is 6.42 Å². The van der Waals surface area contributed by atoms with Crippen molar-refractivity contribution in [3.8, 4) is 0 Å². The van der Waals surface area contributed by atoms with E-state index in [1.54, 1.807) is 6.07 Å². The van der Waals surface area contributed by atoms with Crippen molar-refractivity contribution < 1.29 is 19.8 Å². The van der Waals surface area contributed by atoms with Crippen LogP contribution in [0.5, 0.6) is 0 Å². The van der Waals surface area contributed by atoms with Gasteiger partial charge in [0.05, 0.1) is 11.1 Å². The minimum Gasteiger partial charge on any atom is -0.478 e. The molecule has 1 aromatic carbocycles. The molecule has 25 heavy (non-hydrogen) atoms. The van der Waals surface area contributed by atoms with Crippen LogP contribution < -0.4 is 0 Å². The average molecular weight is 348 g/mol. The maximum Gasteiger partial charge on any atom is 0.336 e. The van der Waals surface area contributed by atoms with Gasteiger partial charge in [0, 0.05) is 0 Å². The van der Waals surface area contributed by atoms with Crippen LogP contribution in [-0.4, -0.2) is 22.2 Å². The SMILES string of the molecule is CCCc1ccc(C(=O)O)c(C(=O)O)c1CCCCCCCC(C)C. The van der Waals surface area contributed by atoms with E-state index in [4.69, 9.17) is 0 Å². The van der Waals surface area contributed by atoms with Crippen LogP contribution in [0.2, 0.25) is 0 Å². The minimum absolute atomic E-state index is 0.0155. The van der Waals surface area contributed by atoms with Gasteiger partial charge in [0.15, 0.2) is 0 Å². The van der Waals surface area contributed by atoms with Crippen molar-refractivity contribution in [1.29, 1.82) is 0 Å². The van der Waals surface area contributed by atoms with Gasteiger partial charge in [0.25, 0.3) is 0 Å². The van der Waals surface area contributed by atoms with E-state index in [9.17, 15) is 19.8 Å². The van der Waals surface area contributed by atoms with E-state index in [1.807, 2.05) is 6.92 Å². The Labute approximate surface area is 151 Å². The Morgan fingerprint density at radius 3 is 2.12 bits per heavy atom. The summed E-state index contributed by atoms with van der Waals surface area (Å²) in [4.78, 5) is 23.1. The molecule has 0 atom stereocenters. The third kappa shape index (κ3) is 6.89. The second-order valence-electron chi connectivity index (χ2n) is 7.19. The van der Waals surface area contributed by atoms with Crippen molar-refractivity contribution in [3.05, 3.63) is 34.4 Å². The molecule has 0 spiro atoms. The molecule has 0 amide bonds. The molecule has 4 nitrogen and oxygen atoms in total. The van der Waals surface area contributed by atoms with E-state index in [-0.39, 0.29) is 11.1 Å². The molecule has 1 rings (SSSR count). The highest BCUT2D eigenvalue weighted by Gasteiger charge is 2.22. The molecule has 0 unspecified atom stereocenters. The fourth-order valence-electron chi connectivity index (χ4n) is 3.29. The van der Waals surface area contributed by atoms with Crippen molar-refractivity contribution >= 4 is 11.9 Å². The number of hydrogen-bond donors (Lipinski definition) is 2. The predicted molar refractivity (Wildman–Crippen MR) is 101 cm³/mol. The van der Waals surface area contributed by atoms with E-state index in [1.165, 1.54) is 25.3 Å². The number of carboxylic acids is 2. The molecule has 0 aliphatic heterocycles. The Morgan fingerprint density at radius 1 is 0.920 bits per heavy atom. The highest BCUT2D eigenvalue weighted by Crippen LogP contribution is 2.24. The van der Waals surface area contributed by atoms with Gasteiger partial charge in [-0.2, -0.15) is 0 Å². The van der Waals surface area contributed by atoms with Crippen LogP contribution in [0, 0.1) is 5.92 Å². The summed E-state index contributed by atoms with van der Waals surface area (Å²) < 4.78 is 0. The molecular weight excluding hydrogens is 316 g/mol. The van der Waals surface area contributed by atoms with E-state index >= 15 is 0 Å². The quantitative estimate of drug-likeness (QED) is 0.484. The maximum atomic E-state index is 11.7. The molecule has 0 radical (unpaired) electrons. The van der Waals surface area contributed by atoms with Crippen LogP contribution in [0.1, 0.15) is 97.6 Å². The van der Waals surface area contributed by atoms with Gasteiger partial charge in [0.1, 0.15) is 0 Å². The molecule has 0 aliphatic carbocycles. The number of carbonyl (C=O) groups is 2. The molecule has 140 valence electrons. The summed E-state index contributed by atoms with van der Waals surface area (Å²) in [6, 6.07) is 3.23. The van der Waals surface area contributed by atoms with E-state index in [2.05, 4.69) is 13.8 Å². The van der Waals surface area contributed by atoms with Crippen LogP contribution in [0.25, 0.3) is 0 Å². The molecule has 0 heterocycles. The lowest BCUT2D eigenvalue weighted by atomic mass is 9.90. The summed E-state index contributed by atoms with van der Waals surface area (Å²) >= 11 is 0. The Balaban J connectivity index is 2.79. The zero-order valence-electron chi connectivity index (χ0n) is 15.8. The molecule has 0 aliphatic rings. The smallest absolute Gasteiger partial charge is 0.336 e. The van der Waals surface area contributed by atoms with Crippen molar-refractivity contribution in [2.24, 2.45) is 5.92 Å². The Kier molecular flexibility index (Phi) is 9.25. The highest BCUT2D eigenvalue weighted by atomic mass is 16.4. The number of benzene rings is 1. The van der Waals surface area contributed by atoms with Gasteiger partial charge in [-0.3, -0.25) is 0 Å². The lowest BCUT2D eigenvalue weighted by Gasteiger charge is -2.15. The van der Waals surface area contributed by atoms with Crippen LogP contribution in [-0.2, 0) is 12.8 Å². The van der Waals surface area contributed by atoms with Crippen molar-refractivity contribution in [2.75, 3.05) is 0 Å². The largest absolute Gasteiger partial charge is 0.478 e. The molecule has 0 saturated heterocycles. The Morgan fingerprint density at radius 2 is 1.56 bits per heavy atom. The summed E-state index contributed by atoms with van der Waals surface area (Å²) in [5.41, 5.74) is 1.58. The first-order valence-corrected chi connectivity index (χ1v) is 9.49. The second-order valence-corrected chi connectivity index (χ2v) is 7.19. The number of hydrogen-bond acceptors (Lipinski definition) is 2. The lowest BCUT2D eigenvalue weighted by Crippen LogP contribution is -2.14. The lowest BCUT2D eigenvalue weighted by molar-refractivity contribution is 0.0650. The number of aryl methyl sites for hydroxylation is 1. The zero-order valence-corrected chi connectivity index (χ0v) is 15.8. The zero-order chi connectivity index (χ0) is 18.8. The summed E-state index contributed by atoms with van der Waals surface area (Å²) in [5, 5.41) is 18.9. The minimum atomic E-state index is -1.17. The Hall–Kier alpha value is -1.84. The van der Waals surface area contributed by atoms with Crippen LogP contribution in [0.15, 0.2) is 12.1 Å². The molecule has 0 fully saturated rings. The molecule has 0 aromatic heterocycles. The number of carboxylic acid groups (broad SMARTS) is 2. The molecule has 1 aromatic rings. The summed E-state index contributed by atoms with van der Waals surface area (Å²) in [6.07, 6.45) is 9.15. The molecule has 4 heteroatoms. The van der Waals surface area contributed by atoms with Gasteiger partial charge in [-0.25, -0.2) is 9.59 Å². The molecule has 0 bridgehead atoms. The highest BCUT2D eigenvalue weighted by molar-refractivity contribution is 6.03. The van der Waals surface area contributed by atoms with Crippen molar-refractivity contribution in [1.82, 2.24) is 0 Å². The van der Waals surface area contributed by atoms with Gasteiger partial charge in [-0.1, -0.05) is 65.4 Å². The van der Waals surface area contributed by atoms with Crippen molar-refractivity contribution in [2.45, 2.75) is 78.6 Å². The topological polar surface area (TPSA) is 74.6 Å². The van der Waals surface area contributed by atoms with E-state index in [0.717, 1.165) is 49.1 Å². The maximum absolute atomic E-state index is 11.7. The fourth-order valence-corrected chi connectivity index (χ4v) is 3.29. The molecular formula is C21H32O4. The summed E-state index contributed by atoms with van der Waals surface area (Å²) in [5.74, 6) is -1.56. The first-order valence-electron chi connectivity index (χ1n) is 9.49. The Bertz CT molecular complexity index is 576. The van der Waals surface area contributed by atoms with Gasteiger partial charge >= 0.3 is 11.9 Å². The van der Waals surface area contributed by atoms with Crippen LogP contribution in [0.4, 0.5) is 0 Å². The monoisotopic (exact) mass is 348 g/mol. The van der Waals surface area contributed by atoms with Crippen LogP contribution in [0.3, 0.4) is 0 Å².